The molecule has 4 aromatic rings. The Labute approximate surface area is 211 Å². The van der Waals surface area contributed by atoms with Crippen molar-refractivity contribution in [3.8, 4) is 0 Å². The first-order chi connectivity index (χ1) is 17.7. The second-order valence-electron chi connectivity index (χ2n) is 9.52. The molecule has 2 aromatic carbocycles. The Bertz CT molecular complexity index is 1360. The third-order valence-electron chi connectivity index (χ3n) is 7.23. The number of nitrogens with zero attached hydrogens (tertiary/aromatic N) is 4. The molecule has 2 aliphatic rings. The topological polar surface area (TPSA) is 64.4 Å². The summed E-state index contributed by atoms with van der Waals surface area (Å²) in [6, 6.07) is 21.4. The molecular weight excluding hydrogens is 450 g/mol. The van der Waals surface area contributed by atoms with Crippen LogP contribution in [0.2, 0.25) is 0 Å². The Kier molecular flexibility index (Phi) is 6.17. The van der Waals surface area contributed by atoms with Crippen LogP contribution in [-0.2, 0) is 21.6 Å². The van der Waals surface area contributed by atoms with Gasteiger partial charge in [-0.05, 0) is 36.2 Å². The van der Waals surface area contributed by atoms with Crippen LogP contribution in [0.4, 0.5) is 0 Å². The van der Waals surface area contributed by atoms with E-state index in [2.05, 4.69) is 81.3 Å². The zero-order valence-electron chi connectivity index (χ0n) is 20.6. The molecular formula is C29H31N5O2. The minimum Gasteiger partial charge on any atom is -0.462 e. The molecule has 2 aliphatic heterocycles. The van der Waals surface area contributed by atoms with Crippen LogP contribution in [0.1, 0.15) is 28.9 Å². The first-order valence-electron chi connectivity index (χ1n) is 12.5. The highest BCUT2D eigenvalue weighted by molar-refractivity contribution is 5.76. The molecule has 0 radical (unpaired) electrons. The van der Waals surface area contributed by atoms with Gasteiger partial charge in [-0.15, -0.1) is 0 Å². The lowest BCUT2D eigenvalue weighted by molar-refractivity contribution is 0.0510. The highest BCUT2D eigenvalue weighted by atomic mass is 16.7. The van der Waals surface area contributed by atoms with Crippen LogP contribution in [0.15, 0.2) is 85.1 Å². The number of hydrogen-bond acceptors (Lipinski definition) is 6. The second kappa shape index (κ2) is 9.76. The zero-order valence-corrected chi connectivity index (χ0v) is 20.6. The van der Waals surface area contributed by atoms with Crippen molar-refractivity contribution < 1.29 is 9.47 Å². The molecule has 1 atom stereocenters. The molecule has 0 aliphatic carbocycles. The van der Waals surface area contributed by atoms with E-state index in [1.807, 2.05) is 18.5 Å². The monoisotopic (exact) mass is 481 g/mol. The van der Waals surface area contributed by atoms with Gasteiger partial charge < -0.3 is 19.4 Å². The Morgan fingerprint density at radius 3 is 2.58 bits per heavy atom. The molecule has 1 N–H and O–H groups in total. The highest BCUT2D eigenvalue weighted by Crippen LogP contribution is 2.43. The predicted molar refractivity (Wildman–Crippen MR) is 139 cm³/mol. The molecule has 184 valence electrons. The summed E-state index contributed by atoms with van der Waals surface area (Å²) in [6.45, 7) is 6.72. The van der Waals surface area contributed by atoms with E-state index < -0.39 is 5.54 Å². The number of aryl methyl sites for hydroxylation is 1. The maximum Gasteiger partial charge on any atom is 0.229 e. The average molecular weight is 482 g/mol. The first kappa shape index (κ1) is 22.8. The van der Waals surface area contributed by atoms with Gasteiger partial charge >= 0.3 is 0 Å². The number of piperazine rings is 1. The van der Waals surface area contributed by atoms with Crippen LogP contribution in [0.25, 0.3) is 11.0 Å². The van der Waals surface area contributed by atoms with Gasteiger partial charge in [0.2, 0.25) is 6.79 Å². The summed E-state index contributed by atoms with van der Waals surface area (Å²) in [5, 5.41) is 3.53. The number of aromatic nitrogens is 3. The van der Waals surface area contributed by atoms with Crippen LogP contribution in [0, 0.1) is 6.92 Å². The largest absolute Gasteiger partial charge is 0.462 e. The summed E-state index contributed by atoms with van der Waals surface area (Å²) in [5.74, 6) is 1.85. The van der Waals surface area contributed by atoms with E-state index in [0.717, 1.165) is 54.4 Å². The van der Waals surface area contributed by atoms with Crippen LogP contribution in [0.3, 0.4) is 0 Å². The Balaban J connectivity index is 1.62. The molecule has 1 fully saturated rings. The molecule has 0 spiro atoms. The van der Waals surface area contributed by atoms with Crippen molar-refractivity contribution in [2.45, 2.75) is 25.4 Å². The number of fused-ring (bicyclic) bond motifs is 1. The second-order valence-corrected chi connectivity index (χ2v) is 9.52. The summed E-state index contributed by atoms with van der Waals surface area (Å²) in [7, 11) is 0. The lowest BCUT2D eigenvalue weighted by Crippen LogP contribution is -2.56. The van der Waals surface area contributed by atoms with E-state index in [0.29, 0.717) is 13.0 Å². The summed E-state index contributed by atoms with van der Waals surface area (Å²) < 4.78 is 13.8. The van der Waals surface area contributed by atoms with Gasteiger partial charge in [-0.3, -0.25) is 9.88 Å². The van der Waals surface area contributed by atoms with Crippen LogP contribution < -0.4 is 5.32 Å². The quantitative estimate of drug-likeness (QED) is 0.427. The van der Waals surface area contributed by atoms with Gasteiger partial charge in [0.15, 0.2) is 0 Å². The third-order valence-corrected chi connectivity index (χ3v) is 7.23. The third kappa shape index (κ3) is 4.14. The molecule has 1 saturated heterocycles. The van der Waals surface area contributed by atoms with Crippen LogP contribution in [-0.4, -0.2) is 52.4 Å². The van der Waals surface area contributed by atoms with E-state index in [4.69, 9.17) is 14.5 Å². The van der Waals surface area contributed by atoms with Crippen molar-refractivity contribution >= 4 is 11.0 Å². The zero-order chi connectivity index (χ0) is 24.4. The Morgan fingerprint density at radius 2 is 1.83 bits per heavy atom. The van der Waals surface area contributed by atoms with Crippen molar-refractivity contribution in [3.63, 3.8) is 0 Å². The number of imidazole rings is 1. The fourth-order valence-electron chi connectivity index (χ4n) is 5.46. The van der Waals surface area contributed by atoms with E-state index in [1.54, 1.807) is 6.26 Å². The van der Waals surface area contributed by atoms with Crippen molar-refractivity contribution in [3.05, 3.63) is 108 Å². The van der Waals surface area contributed by atoms with Gasteiger partial charge in [0.05, 0.1) is 17.6 Å². The summed E-state index contributed by atoms with van der Waals surface area (Å²) in [5.41, 5.74) is 5.13. The molecule has 7 heteroatoms. The smallest absolute Gasteiger partial charge is 0.229 e. The number of hydrogen-bond donors (Lipinski definition) is 1. The SMILES string of the molecule is Cc1ccc(C(CC2=COCO2)(c2nc3ccccc3n2Cc2cccnc2)N2CCNCC2)cc1. The minimum atomic E-state index is -0.545. The maximum atomic E-state index is 5.95. The molecule has 0 bridgehead atoms. The number of nitrogens with one attached hydrogen (secondary N) is 1. The van der Waals surface area contributed by atoms with Crippen molar-refractivity contribution in [2.75, 3.05) is 33.0 Å². The summed E-state index contributed by atoms with van der Waals surface area (Å²) in [6.07, 6.45) is 6.15. The van der Waals surface area contributed by atoms with Gasteiger partial charge in [0.1, 0.15) is 23.4 Å². The predicted octanol–water partition coefficient (Wildman–Crippen LogP) is 4.17. The number of pyridine rings is 1. The summed E-state index contributed by atoms with van der Waals surface area (Å²) in [4.78, 5) is 12.3. The van der Waals surface area contributed by atoms with Crippen molar-refractivity contribution in [1.82, 2.24) is 24.8 Å². The molecule has 4 heterocycles. The van der Waals surface area contributed by atoms with E-state index in [1.165, 1.54) is 11.1 Å². The van der Waals surface area contributed by atoms with Crippen LogP contribution in [0.5, 0.6) is 0 Å². The molecule has 0 saturated carbocycles. The van der Waals surface area contributed by atoms with Gasteiger partial charge in [0.25, 0.3) is 0 Å². The molecule has 1 unspecified atom stereocenters. The number of para-hydroxylation sites is 2. The number of rotatable bonds is 7. The van der Waals surface area contributed by atoms with Gasteiger partial charge in [-0.2, -0.15) is 0 Å². The standard InChI is InChI=1S/C29H31N5O2/c1-22-8-10-24(11-9-22)29(17-25-20-35-21-36-25,33-15-13-30-14-16-33)28-32-26-6-2-3-7-27(26)34(28)19-23-5-4-12-31-18-23/h2-12,18,20,30H,13-17,19,21H2,1H3. The summed E-state index contributed by atoms with van der Waals surface area (Å²) >= 11 is 0. The molecule has 7 nitrogen and oxygen atoms in total. The number of benzene rings is 2. The highest BCUT2D eigenvalue weighted by Gasteiger charge is 2.46. The minimum absolute atomic E-state index is 0.257. The van der Waals surface area contributed by atoms with Gasteiger partial charge in [-0.1, -0.05) is 48.0 Å². The maximum absolute atomic E-state index is 5.95. The molecule has 0 amide bonds. The first-order valence-corrected chi connectivity index (χ1v) is 12.5. The van der Waals surface area contributed by atoms with Crippen molar-refractivity contribution in [1.29, 1.82) is 0 Å². The van der Waals surface area contributed by atoms with Gasteiger partial charge in [0, 0.05) is 45.0 Å². The van der Waals surface area contributed by atoms with Crippen molar-refractivity contribution in [2.24, 2.45) is 0 Å². The lowest BCUT2D eigenvalue weighted by Gasteiger charge is -2.46. The Morgan fingerprint density at radius 1 is 1.00 bits per heavy atom. The van der Waals surface area contributed by atoms with E-state index in [9.17, 15) is 0 Å². The fraction of sp³-hybridized carbons (Fsp3) is 0.310. The molecule has 2 aromatic heterocycles. The van der Waals surface area contributed by atoms with Gasteiger partial charge in [-0.25, -0.2) is 4.98 Å². The number of ether oxygens (including phenoxy) is 2. The molecule has 36 heavy (non-hydrogen) atoms. The van der Waals surface area contributed by atoms with E-state index in [-0.39, 0.29) is 6.79 Å². The normalized spacial score (nSPS) is 17.9. The average Bonchev–Trinajstić information content (AvgIpc) is 3.57. The molecule has 6 rings (SSSR count). The Hall–Kier alpha value is -3.68. The van der Waals surface area contributed by atoms with Crippen LogP contribution >= 0.6 is 0 Å². The fourth-order valence-corrected chi connectivity index (χ4v) is 5.46. The lowest BCUT2D eigenvalue weighted by atomic mass is 9.81. The van der Waals surface area contributed by atoms with E-state index >= 15 is 0 Å².